The number of nitrogens with zero attached hydrogens (tertiary/aromatic N) is 2. The van der Waals surface area contributed by atoms with Crippen molar-refractivity contribution in [1.29, 1.82) is 0 Å². The van der Waals surface area contributed by atoms with Crippen molar-refractivity contribution in [2.75, 3.05) is 18.8 Å². The number of nitrogens with one attached hydrogen (secondary N) is 2. The fourth-order valence-electron chi connectivity index (χ4n) is 4.57. The van der Waals surface area contributed by atoms with E-state index in [-0.39, 0.29) is 0 Å². The Kier molecular flexibility index (Phi) is 3.72. The number of H-pyrrole nitrogens is 1. The third-order valence-corrected chi connectivity index (χ3v) is 6.05. The molecule has 138 valence electrons. The molecule has 1 aliphatic heterocycles. The van der Waals surface area contributed by atoms with Gasteiger partial charge in [-0.25, -0.2) is 4.98 Å². The predicted octanol–water partition coefficient (Wildman–Crippen LogP) is 4.08. The lowest BCUT2D eigenvalue weighted by Gasteiger charge is -2.23. The smallest absolute Gasteiger partial charge is 0.142 e. The van der Waals surface area contributed by atoms with Crippen molar-refractivity contribution in [3.8, 4) is 11.3 Å². The van der Waals surface area contributed by atoms with Gasteiger partial charge in [0.1, 0.15) is 5.65 Å². The lowest BCUT2D eigenvalue weighted by atomic mass is 9.89. The topological polar surface area (TPSA) is 71.7 Å². The van der Waals surface area contributed by atoms with Crippen molar-refractivity contribution >= 4 is 27.6 Å². The van der Waals surface area contributed by atoms with Crippen LogP contribution in [0, 0.1) is 6.92 Å². The van der Waals surface area contributed by atoms with Crippen LogP contribution in [-0.4, -0.2) is 27.6 Å². The predicted molar refractivity (Wildman–Crippen MR) is 112 cm³/mol. The van der Waals surface area contributed by atoms with Crippen LogP contribution in [0.1, 0.15) is 29.9 Å². The second kappa shape index (κ2) is 6.13. The fourth-order valence-corrected chi connectivity index (χ4v) is 4.57. The first-order valence-electron chi connectivity index (χ1n) is 9.66. The van der Waals surface area contributed by atoms with E-state index >= 15 is 0 Å². The molecule has 5 nitrogen and oxygen atoms in total. The second-order valence-corrected chi connectivity index (χ2v) is 7.71. The Bertz CT molecular complexity index is 1140. The molecular weight excluding hydrogens is 334 g/mol. The Morgan fingerprint density at radius 3 is 2.81 bits per heavy atom. The minimum Gasteiger partial charge on any atom is -0.397 e. The van der Waals surface area contributed by atoms with Crippen LogP contribution >= 0.6 is 0 Å². The summed E-state index contributed by atoms with van der Waals surface area (Å²) in [5, 5.41) is 5.78. The third-order valence-electron chi connectivity index (χ3n) is 6.05. The third kappa shape index (κ3) is 2.53. The second-order valence-electron chi connectivity index (χ2n) is 7.71. The van der Waals surface area contributed by atoms with Crippen molar-refractivity contribution in [2.24, 2.45) is 7.05 Å². The highest BCUT2D eigenvalue weighted by molar-refractivity contribution is 6.04. The molecule has 0 unspecified atom stereocenters. The van der Waals surface area contributed by atoms with Gasteiger partial charge in [-0.2, -0.15) is 0 Å². The summed E-state index contributed by atoms with van der Waals surface area (Å²) < 4.78 is 1.99. The molecule has 0 aliphatic carbocycles. The number of aryl methyl sites for hydroxylation is 2. The molecule has 27 heavy (non-hydrogen) atoms. The van der Waals surface area contributed by atoms with E-state index in [2.05, 4.69) is 46.5 Å². The molecule has 0 bridgehead atoms. The first kappa shape index (κ1) is 16.4. The molecular formula is C22H25N5. The van der Waals surface area contributed by atoms with Crippen molar-refractivity contribution in [3.05, 3.63) is 47.8 Å². The first-order valence-corrected chi connectivity index (χ1v) is 9.66. The van der Waals surface area contributed by atoms with Crippen LogP contribution in [0.4, 0.5) is 5.69 Å². The summed E-state index contributed by atoms with van der Waals surface area (Å²) >= 11 is 0. The zero-order valence-corrected chi connectivity index (χ0v) is 15.8. The Morgan fingerprint density at radius 2 is 2.00 bits per heavy atom. The molecule has 0 radical (unpaired) electrons. The van der Waals surface area contributed by atoms with E-state index in [1.807, 2.05) is 24.0 Å². The average molecular weight is 359 g/mol. The molecule has 5 heteroatoms. The monoisotopic (exact) mass is 359 g/mol. The van der Waals surface area contributed by atoms with Crippen LogP contribution in [0.3, 0.4) is 0 Å². The van der Waals surface area contributed by atoms with Gasteiger partial charge in [0.05, 0.1) is 16.8 Å². The maximum absolute atomic E-state index is 6.30. The minimum absolute atomic E-state index is 0.658. The van der Waals surface area contributed by atoms with Crippen LogP contribution in [0.15, 0.2) is 36.7 Å². The van der Waals surface area contributed by atoms with Crippen molar-refractivity contribution in [3.63, 3.8) is 0 Å². The molecule has 0 amide bonds. The summed E-state index contributed by atoms with van der Waals surface area (Å²) in [5.41, 5.74) is 14.2. The van der Waals surface area contributed by atoms with Crippen molar-refractivity contribution in [2.45, 2.75) is 25.7 Å². The number of pyridine rings is 1. The lowest BCUT2D eigenvalue weighted by Crippen LogP contribution is -2.26. The van der Waals surface area contributed by atoms with Crippen LogP contribution in [-0.2, 0) is 7.05 Å². The number of hydrogen-bond donors (Lipinski definition) is 3. The van der Waals surface area contributed by atoms with Gasteiger partial charge in [-0.1, -0.05) is 6.07 Å². The summed E-state index contributed by atoms with van der Waals surface area (Å²) in [4.78, 5) is 8.14. The van der Waals surface area contributed by atoms with E-state index in [9.17, 15) is 0 Å². The summed E-state index contributed by atoms with van der Waals surface area (Å²) in [6.07, 6.45) is 6.23. The number of aromatic nitrogens is 3. The zero-order valence-electron chi connectivity index (χ0n) is 15.8. The summed E-state index contributed by atoms with van der Waals surface area (Å²) in [6.45, 7) is 4.43. The molecule has 5 rings (SSSR count). The molecule has 0 saturated carbocycles. The van der Waals surface area contributed by atoms with E-state index < -0.39 is 0 Å². The first-order chi connectivity index (χ1) is 13.1. The molecule has 3 aromatic heterocycles. The highest BCUT2D eigenvalue weighted by Crippen LogP contribution is 2.37. The Hall–Kier alpha value is -2.79. The molecule has 0 spiro atoms. The van der Waals surface area contributed by atoms with Gasteiger partial charge in [0.25, 0.3) is 0 Å². The zero-order chi connectivity index (χ0) is 18.5. The van der Waals surface area contributed by atoms with Gasteiger partial charge in [0, 0.05) is 35.9 Å². The van der Waals surface area contributed by atoms with Gasteiger partial charge in [-0.15, -0.1) is 0 Å². The van der Waals surface area contributed by atoms with Crippen molar-refractivity contribution < 1.29 is 0 Å². The van der Waals surface area contributed by atoms with Crippen LogP contribution in [0.25, 0.3) is 33.2 Å². The number of nitrogen functional groups attached to an aromatic ring is 1. The van der Waals surface area contributed by atoms with Gasteiger partial charge in [0.2, 0.25) is 0 Å². The van der Waals surface area contributed by atoms with Gasteiger partial charge >= 0.3 is 0 Å². The normalized spacial score (nSPS) is 15.8. The maximum atomic E-state index is 6.30. The number of anilines is 1. The number of nitrogens with two attached hydrogens (primary N) is 1. The van der Waals surface area contributed by atoms with Gasteiger partial charge < -0.3 is 20.6 Å². The minimum atomic E-state index is 0.658. The molecule has 1 saturated heterocycles. The number of rotatable bonds is 2. The van der Waals surface area contributed by atoms with Gasteiger partial charge in [0.15, 0.2) is 0 Å². The maximum Gasteiger partial charge on any atom is 0.142 e. The molecule has 0 atom stereocenters. The van der Waals surface area contributed by atoms with Crippen LogP contribution in [0.2, 0.25) is 0 Å². The van der Waals surface area contributed by atoms with E-state index in [0.29, 0.717) is 5.92 Å². The molecule has 1 aliphatic rings. The highest BCUT2D eigenvalue weighted by atomic mass is 15.0. The lowest BCUT2D eigenvalue weighted by molar-refractivity contribution is 0.460. The number of benzene rings is 1. The highest BCUT2D eigenvalue weighted by Gasteiger charge is 2.19. The number of aromatic amines is 1. The van der Waals surface area contributed by atoms with E-state index in [0.717, 1.165) is 41.1 Å². The Balaban J connectivity index is 1.68. The quantitative estimate of drug-likeness (QED) is 0.505. The Morgan fingerprint density at radius 1 is 1.19 bits per heavy atom. The molecule has 4 aromatic rings. The summed E-state index contributed by atoms with van der Waals surface area (Å²) in [6, 6.07) is 8.96. The van der Waals surface area contributed by atoms with Crippen LogP contribution in [0.5, 0.6) is 0 Å². The fraction of sp³-hybridized carbons (Fsp3) is 0.318. The van der Waals surface area contributed by atoms with E-state index in [4.69, 9.17) is 5.73 Å². The molecule has 4 heterocycles. The summed E-state index contributed by atoms with van der Waals surface area (Å²) in [5.74, 6) is 0.658. The number of piperidine rings is 1. The van der Waals surface area contributed by atoms with Crippen molar-refractivity contribution in [1.82, 2.24) is 19.9 Å². The van der Waals surface area contributed by atoms with Crippen LogP contribution < -0.4 is 11.1 Å². The number of hydrogen-bond acceptors (Lipinski definition) is 3. The largest absolute Gasteiger partial charge is 0.397 e. The van der Waals surface area contributed by atoms with Gasteiger partial charge in [-0.3, -0.25) is 0 Å². The van der Waals surface area contributed by atoms with Gasteiger partial charge in [-0.05, 0) is 68.1 Å². The average Bonchev–Trinajstić information content (AvgIpc) is 3.19. The molecule has 1 fully saturated rings. The summed E-state index contributed by atoms with van der Waals surface area (Å²) in [7, 11) is 1.98. The van der Waals surface area contributed by atoms with E-state index in [1.54, 1.807) is 0 Å². The standard InChI is InChI=1S/C22H25N5/c1-13-17-11-15(14-5-8-24-9-6-14)3-4-19(17)26-21(13)16-7-10-25-22-20(16)18(23)12-27(22)2/h3-4,7,10-12,14,24,26H,5-6,8-9,23H2,1-2H3. The Labute approximate surface area is 158 Å². The number of fused-ring (bicyclic) bond motifs is 2. The van der Waals surface area contributed by atoms with E-state index in [1.165, 1.54) is 34.9 Å². The SMILES string of the molecule is Cc1c(-c2ccnc3c2c(N)cn3C)[nH]c2ccc(C3CCNCC3)cc12. The molecule has 4 N–H and O–H groups in total. The molecule has 1 aromatic carbocycles.